The number of aromatic nitrogens is 2. The smallest absolute Gasteiger partial charge is 0.106 e. The highest BCUT2D eigenvalue weighted by atomic mass is 35.5. The van der Waals surface area contributed by atoms with Gasteiger partial charge in [-0.2, -0.15) is 5.10 Å². The molecular formula is C11H20ClN3O. The van der Waals surface area contributed by atoms with Gasteiger partial charge in [0.1, 0.15) is 5.60 Å². The molecule has 1 rings (SSSR count). The number of nitrogens with zero attached hydrogens (tertiary/aromatic N) is 2. The van der Waals surface area contributed by atoms with Gasteiger partial charge in [0, 0.05) is 6.04 Å². The van der Waals surface area contributed by atoms with Crippen molar-refractivity contribution < 1.29 is 5.11 Å². The molecule has 0 amide bonds. The molecule has 0 fully saturated rings. The maximum atomic E-state index is 10.4. The first kappa shape index (κ1) is 13.5. The zero-order chi connectivity index (χ0) is 12.3. The van der Waals surface area contributed by atoms with Crippen LogP contribution in [0.2, 0.25) is 5.02 Å². The minimum atomic E-state index is -0.957. The summed E-state index contributed by atoms with van der Waals surface area (Å²) in [5.74, 6) is 0. The highest BCUT2D eigenvalue weighted by Crippen LogP contribution is 2.32. The van der Waals surface area contributed by atoms with Gasteiger partial charge in [0.2, 0.25) is 0 Å². The van der Waals surface area contributed by atoms with E-state index in [9.17, 15) is 5.11 Å². The monoisotopic (exact) mass is 245 g/mol. The molecule has 0 spiro atoms. The van der Waals surface area contributed by atoms with Crippen LogP contribution in [0.25, 0.3) is 0 Å². The summed E-state index contributed by atoms with van der Waals surface area (Å²) in [5, 5.41) is 18.2. The standard InChI is InChI=1S/C11H20ClN3O/c1-8(2)15-10(9(12)7-14-15)11(3,16)5-6-13-4/h7-8,13,16H,5-6H2,1-4H3. The first-order valence-corrected chi connectivity index (χ1v) is 5.88. The van der Waals surface area contributed by atoms with Gasteiger partial charge in [-0.1, -0.05) is 11.6 Å². The number of aliphatic hydroxyl groups is 1. The summed E-state index contributed by atoms with van der Waals surface area (Å²) in [5.41, 5.74) is -0.264. The Kier molecular flexibility index (Phi) is 4.35. The van der Waals surface area contributed by atoms with Gasteiger partial charge < -0.3 is 10.4 Å². The summed E-state index contributed by atoms with van der Waals surface area (Å²) in [6.07, 6.45) is 2.19. The lowest BCUT2D eigenvalue weighted by Crippen LogP contribution is -2.30. The molecule has 1 unspecified atom stereocenters. The zero-order valence-electron chi connectivity index (χ0n) is 10.3. The fourth-order valence-electron chi connectivity index (χ4n) is 1.72. The van der Waals surface area contributed by atoms with Crippen LogP contribution < -0.4 is 5.32 Å². The van der Waals surface area contributed by atoms with Crippen LogP contribution in [0.3, 0.4) is 0 Å². The second kappa shape index (κ2) is 5.17. The van der Waals surface area contributed by atoms with Crippen LogP contribution in [-0.4, -0.2) is 28.5 Å². The van der Waals surface area contributed by atoms with E-state index >= 15 is 0 Å². The molecular weight excluding hydrogens is 226 g/mol. The Labute approximate surface area is 102 Å². The van der Waals surface area contributed by atoms with E-state index in [1.807, 2.05) is 20.9 Å². The fraction of sp³-hybridized carbons (Fsp3) is 0.727. The van der Waals surface area contributed by atoms with Crippen molar-refractivity contribution in [3.8, 4) is 0 Å². The Balaban J connectivity index is 3.05. The molecule has 0 aliphatic heterocycles. The predicted octanol–water partition coefficient (Wildman–Crippen LogP) is 1.93. The highest BCUT2D eigenvalue weighted by Gasteiger charge is 2.30. The molecule has 1 aromatic rings. The Hall–Kier alpha value is -0.580. The van der Waals surface area contributed by atoms with Crippen molar-refractivity contribution in [1.29, 1.82) is 0 Å². The molecule has 1 atom stereocenters. The summed E-state index contributed by atoms with van der Waals surface area (Å²) < 4.78 is 1.78. The van der Waals surface area contributed by atoms with Gasteiger partial charge >= 0.3 is 0 Å². The molecule has 0 aliphatic carbocycles. The van der Waals surface area contributed by atoms with Gasteiger partial charge in [-0.15, -0.1) is 0 Å². The van der Waals surface area contributed by atoms with Crippen molar-refractivity contribution in [3.63, 3.8) is 0 Å². The summed E-state index contributed by atoms with van der Waals surface area (Å²) in [7, 11) is 1.86. The van der Waals surface area contributed by atoms with E-state index in [1.54, 1.807) is 17.8 Å². The normalized spacial score (nSPS) is 15.4. The molecule has 16 heavy (non-hydrogen) atoms. The number of hydrogen-bond donors (Lipinski definition) is 2. The number of nitrogens with one attached hydrogen (secondary N) is 1. The number of rotatable bonds is 5. The van der Waals surface area contributed by atoms with Crippen molar-refractivity contribution in [2.45, 2.75) is 38.8 Å². The van der Waals surface area contributed by atoms with E-state index < -0.39 is 5.60 Å². The first-order valence-electron chi connectivity index (χ1n) is 5.50. The lowest BCUT2D eigenvalue weighted by atomic mass is 9.97. The topological polar surface area (TPSA) is 50.1 Å². The van der Waals surface area contributed by atoms with Gasteiger partial charge in [0.05, 0.1) is 16.9 Å². The van der Waals surface area contributed by atoms with Crippen LogP contribution in [0.1, 0.15) is 38.9 Å². The molecule has 1 aromatic heterocycles. The second-order valence-electron chi connectivity index (χ2n) is 4.51. The van der Waals surface area contributed by atoms with E-state index in [0.717, 1.165) is 6.54 Å². The maximum Gasteiger partial charge on any atom is 0.106 e. The summed E-state index contributed by atoms with van der Waals surface area (Å²) in [6, 6.07) is 0.184. The minimum Gasteiger partial charge on any atom is -0.384 e. The quantitative estimate of drug-likeness (QED) is 0.834. The maximum absolute atomic E-state index is 10.4. The molecule has 0 aromatic carbocycles. The SMILES string of the molecule is CNCCC(C)(O)c1c(Cl)cnn1C(C)C. The average molecular weight is 246 g/mol. The molecule has 0 aliphatic rings. The number of hydrogen-bond acceptors (Lipinski definition) is 3. The van der Waals surface area contributed by atoms with E-state index in [0.29, 0.717) is 17.1 Å². The molecule has 92 valence electrons. The molecule has 0 saturated carbocycles. The first-order chi connectivity index (χ1) is 7.40. The summed E-state index contributed by atoms with van der Waals surface area (Å²) >= 11 is 6.09. The van der Waals surface area contributed by atoms with Crippen molar-refractivity contribution in [1.82, 2.24) is 15.1 Å². The summed E-state index contributed by atoms with van der Waals surface area (Å²) in [6.45, 7) is 6.53. The highest BCUT2D eigenvalue weighted by molar-refractivity contribution is 6.31. The van der Waals surface area contributed by atoms with Gasteiger partial charge in [0.25, 0.3) is 0 Å². The minimum absolute atomic E-state index is 0.184. The zero-order valence-corrected chi connectivity index (χ0v) is 11.0. The molecule has 0 bridgehead atoms. The molecule has 0 radical (unpaired) electrons. The lowest BCUT2D eigenvalue weighted by Gasteiger charge is -2.26. The molecule has 4 nitrogen and oxygen atoms in total. The van der Waals surface area contributed by atoms with Crippen LogP contribution in [0.4, 0.5) is 0 Å². The Morgan fingerprint density at radius 3 is 2.75 bits per heavy atom. The molecule has 5 heteroatoms. The van der Waals surface area contributed by atoms with Crippen LogP contribution >= 0.6 is 11.6 Å². The van der Waals surface area contributed by atoms with Crippen molar-refractivity contribution in [2.75, 3.05) is 13.6 Å². The summed E-state index contributed by atoms with van der Waals surface area (Å²) in [4.78, 5) is 0. The molecule has 0 saturated heterocycles. The van der Waals surface area contributed by atoms with Crippen LogP contribution in [-0.2, 0) is 5.60 Å². The largest absolute Gasteiger partial charge is 0.384 e. The third-order valence-electron chi connectivity index (χ3n) is 2.61. The van der Waals surface area contributed by atoms with Crippen molar-refractivity contribution in [3.05, 3.63) is 16.9 Å². The van der Waals surface area contributed by atoms with Crippen LogP contribution in [0.5, 0.6) is 0 Å². The van der Waals surface area contributed by atoms with E-state index in [-0.39, 0.29) is 6.04 Å². The molecule has 1 heterocycles. The van der Waals surface area contributed by atoms with Gasteiger partial charge in [-0.3, -0.25) is 4.68 Å². The Morgan fingerprint density at radius 2 is 2.25 bits per heavy atom. The van der Waals surface area contributed by atoms with Crippen molar-refractivity contribution >= 4 is 11.6 Å². The second-order valence-corrected chi connectivity index (χ2v) is 4.91. The third-order valence-corrected chi connectivity index (χ3v) is 2.89. The third kappa shape index (κ3) is 2.75. The van der Waals surface area contributed by atoms with Gasteiger partial charge in [0.15, 0.2) is 0 Å². The fourth-order valence-corrected chi connectivity index (χ4v) is 2.06. The van der Waals surface area contributed by atoms with E-state index in [2.05, 4.69) is 10.4 Å². The van der Waals surface area contributed by atoms with Crippen LogP contribution in [0.15, 0.2) is 6.20 Å². The Bertz CT molecular complexity index is 347. The molecule has 2 N–H and O–H groups in total. The Morgan fingerprint density at radius 1 is 1.62 bits per heavy atom. The predicted molar refractivity (Wildman–Crippen MR) is 65.7 cm³/mol. The van der Waals surface area contributed by atoms with Gasteiger partial charge in [-0.05, 0) is 40.8 Å². The van der Waals surface area contributed by atoms with Crippen LogP contribution in [0, 0.1) is 0 Å². The average Bonchev–Trinajstić information content (AvgIpc) is 2.58. The van der Waals surface area contributed by atoms with E-state index in [4.69, 9.17) is 11.6 Å². The van der Waals surface area contributed by atoms with E-state index in [1.165, 1.54) is 0 Å². The lowest BCUT2D eigenvalue weighted by molar-refractivity contribution is 0.0380. The number of halogens is 1. The van der Waals surface area contributed by atoms with Crippen molar-refractivity contribution in [2.24, 2.45) is 0 Å². The van der Waals surface area contributed by atoms with Gasteiger partial charge in [-0.25, -0.2) is 0 Å².